The second kappa shape index (κ2) is 10.3. The molecule has 3 heteroatoms. The molecule has 0 aromatic carbocycles. The molecular formula is C12H24ClNO. The molecule has 0 aliphatic carbocycles. The predicted octanol–water partition coefficient (Wildman–Crippen LogP) is 3.48. The Kier molecular flexibility index (Phi) is 10.1. The lowest BCUT2D eigenvalue weighted by atomic mass is 10.1. The Morgan fingerprint density at radius 3 is 2.33 bits per heavy atom. The number of carbonyl (C=O) groups excluding carboxylic acids is 1. The van der Waals surface area contributed by atoms with Crippen LogP contribution in [0.4, 0.5) is 0 Å². The summed E-state index contributed by atoms with van der Waals surface area (Å²) in [7, 11) is 0. The molecule has 15 heavy (non-hydrogen) atoms. The van der Waals surface area contributed by atoms with Gasteiger partial charge in [-0.1, -0.05) is 45.4 Å². The third kappa shape index (κ3) is 10.1. The van der Waals surface area contributed by atoms with E-state index in [2.05, 4.69) is 12.2 Å². The van der Waals surface area contributed by atoms with Crippen LogP contribution in [0.5, 0.6) is 0 Å². The van der Waals surface area contributed by atoms with E-state index >= 15 is 0 Å². The van der Waals surface area contributed by atoms with Gasteiger partial charge < -0.3 is 5.32 Å². The van der Waals surface area contributed by atoms with Crippen molar-refractivity contribution in [2.75, 3.05) is 5.88 Å². The zero-order chi connectivity index (χ0) is 11.5. The molecule has 0 heterocycles. The average molecular weight is 234 g/mol. The number of carbonyl (C=O) groups is 1. The Balaban J connectivity index is 3.34. The van der Waals surface area contributed by atoms with Crippen molar-refractivity contribution in [2.45, 2.75) is 64.8 Å². The lowest BCUT2D eigenvalue weighted by Crippen LogP contribution is -2.34. The lowest BCUT2D eigenvalue weighted by molar-refractivity contribution is -0.119. The molecule has 1 atom stereocenters. The maximum absolute atomic E-state index is 10.8. The molecule has 0 aliphatic heterocycles. The minimum Gasteiger partial charge on any atom is -0.352 e. The summed E-state index contributed by atoms with van der Waals surface area (Å²) in [6.45, 7) is 3.76. The van der Waals surface area contributed by atoms with Gasteiger partial charge in [0, 0.05) is 18.8 Å². The van der Waals surface area contributed by atoms with Gasteiger partial charge in [0.15, 0.2) is 0 Å². The lowest BCUT2D eigenvalue weighted by Gasteiger charge is -2.14. The van der Waals surface area contributed by atoms with Crippen LogP contribution in [0.25, 0.3) is 0 Å². The van der Waals surface area contributed by atoms with E-state index in [4.69, 9.17) is 11.6 Å². The van der Waals surface area contributed by atoms with Crippen LogP contribution in [-0.4, -0.2) is 17.8 Å². The second-order valence-electron chi connectivity index (χ2n) is 4.11. The highest BCUT2D eigenvalue weighted by molar-refractivity contribution is 6.18. The molecule has 0 spiro atoms. The molecule has 0 aromatic heterocycles. The number of nitrogens with one attached hydrogen (secondary N) is 1. The monoisotopic (exact) mass is 233 g/mol. The van der Waals surface area contributed by atoms with Gasteiger partial charge in [0.25, 0.3) is 0 Å². The van der Waals surface area contributed by atoms with Crippen LogP contribution in [0.15, 0.2) is 0 Å². The summed E-state index contributed by atoms with van der Waals surface area (Å²) < 4.78 is 0. The zero-order valence-electron chi connectivity index (χ0n) is 10.0. The number of amides is 1. The van der Waals surface area contributed by atoms with E-state index < -0.39 is 0 Å². The van der Waals surface area contributed by atoms with Gasteiger partial charge in [0.05, 0.1) is 0 Å². The second-order valence-corrected chi connectivity index (χ2v) is 4.42. The van der Waals surface area contributed by atoms with Gasteiger partial charge in [-0.2, -0.15) is 0 Å². The zero-order valence-corrected chi connectivity index (χ0v) is 10.8. The van der Waals surface area contributed by atoms with Crippen LogP contribution in [0.2, 0.25) is 0 Å². The van der Waals surface area contributed by atoms with Gasteiger partial charge in [-0.3, -0.25) is 4.79 Å². The third-order valence-electron chi connectivity index (χ3n) is 2.50. The maximum atomic E-state index is 10.8. The molecule has 0 aliphatic rings. The quantitative estimate of drug-likeness (QED) is 0.480. The first-order chi connectivity index (χ1) is 7.20. The van der Waals surface area contributed by atoms with E-state index in [0.29, 0.717) is 5.88 Å². The fraction of sp³-hybridized carbons (Fsp3) is 0.917. The van der Waals surface area contributed by atoms with Crippen LogP contribution < -0.4 is 5.32 Å². The SMILES string of the molecule is CCCCCCCC[C@@H](CCl)NC(C)=O. The predicted molar refractivity (Wildman–Crippen MR) is 66.3 cm³/mol. The minimum absolute atomic E-state index is 0.0200. The number of hydrogen-bond donors (Lipinski definition) is 1. The van der Waals surface area contributed by atoms with E-state index in [0.717, 1.165) is 6.42 Å². The van der Waals surface area contributed by atoms with Gasteiger partial charge in [0.1, 0.15) is 0 Å². The molecule has 2 nitrogen and oxygen atoms in total. The van der Waals surface area contributed by atoms with E-state index in [9.17, 15) is 4.79 Å². The number of halogens is 1. The molecule has 0 saturated carbocycles. The van der Waals surface area contributed by atoms with Crippen LogP contribution in [0.3, 0.4) is 0 Å². The van der Waals surface area contributed by atoms with Crippen molar-refractivity contribution in [3.63, 3.8) is 0 Å². The van der Waals surface area contributed by atoms with E-state index in [-0.39, 0.29) is 11.9 Å². The highest BCUT2D eigenvalue weighted by Gasteiger charge is 2.07. The van der Waals surface area contributed by atoms with Gasteiger partial charge in [0.2, 0.25) is 5.91 Å². The highest BCUT2D eigenvalue weighted by Crippen LogP contribution is 2.09. The Bertz CT molecular complexity index is 162. The van der Waals surface area contributed by atoms with Crippen molar-refractivity contribution in [2.24, 2.45) is 0 Å². The molecule has 0 fully saturated rings. The summed E-state index contributed by atoms with van der Waals surface area (Å²) in [4.78, 5) is 10.8. The average Bonchev–Trinajstić information content (AvgIpc) is 2.20. The fourth-order valence-electron chi connectivity index (χ4n) is 1.65. The van der Waals surface area contributed by atoms with E-state index in [1.165, 1.54) is 38.5 Å². The van der Waals surface area contributed by atoms with Crippen LogP contribution in [0.1, 0.15) is 58.8 Å². The van der Waals surface area contributed by atoms with E-state index in [1.54, 1.807) is 6.92 Å². The smallest absolute Gasteiger partial charge is 0.217 e. The van der Waals surface area contributed by atoms with Crippen LogP contribution >= 0.6 is 11.6 Å². The van der Waals surface area contributed by atoms with Crippen molar-refractivity contribution >= 4 is 17.5 Å². The number of unbranched alkanes of at least 4 members (excludes halogenated alkanes) is 5. The largest absolute Gasteiger partial charge is 0.352 e. The number of hydrogen-bond acceptors (Lipinski definition) is 1. The third-order valence-corrected chi connectivity index (χ3v) is 2.87. The molecule has 0 saturated heterocycles. The summed E-state index contributed by atoms with van der Waals surface area (Å²) in [5.74, 6) is 0.542. The molecular weight excluding hydrogens is 210 g/mol. The topological polar surface area (TPSA) is 29.1 Å². The number of alkyl halides is 1. The first kappa shape index (κ1) is 14.8. The minimum atomic E-state index is 0.0200. The van der Waals surface area contributed by atoms with Crippen molar-refractivity contribution in [3.05, 3.63) is 0 Å². The Morgan fingerprint density at radius 2 is 1.80 bits per heavy atom. The molecule has 0 rings (SSSR count). The van der Waals surface area contributed by atoms with Gasteiger partial charge in [-0.15, -0.1) is 11.6 Å². The van der Waals surface area contributed by atoms with Gasteiger partial charge in [-0.25, -0.2) is 0 Å². The fourth-order valence-corrected chi connectivity index (χ4v) is 1.88. The van der Waals surface area contributed by atoms with Crippen LogP contribution in [0, 0.1) is 0 Å². The van der Waals surface area contributed by atoms with Crippen molar-refractivity contribution in [1.82, 2.24) is 5.32 Å². The molecule has 0 aromatic rings. The molecule has 1 amide bonds. The van der Waals surface area contributed by atoms with Crippen molar-refractivity contribution in [1.29, 1.82) is 0 Å². The summed E-state index contributed by atoms with van der Waals surface area (Å²) in [5, 5.41) is 2.86. The Morgan fingerprint density at radius 1 is 1.20 bits per heavy atom. The first-order valence-corrected chi connectivity index (χ1v) is 6.57. The molecule has 0 bridgehead atoms. The Hall–Kier alpha value is -0.240. The van der Waals surface area contributed by atoms with Crippen molar-refractivity contribution in [3.8, 4) is 0 Å². The van der Waals surface area contributed by atoms with Gasteiger partial charge in [-0.05, 0) is 6.42 Å². The highest BCUT2D eigenvalue weighted by atomic mass is 35.5. The summed E-state index contributed by atoms with van der Waals surface area (Å²) in [6.07, 6.45) is 8.70. The van der Waals surface area contributed by atoms with Crippen molar-refractivity contribution < 1.29 is 4.79 Å². The first-order valence-electron chi connectivity index (χ1n) is 6.03. The van der Waals surface area contributed by atoms with Crippen LogP contribution in [-0.2, 0) is 4.79 Å². The summed E-state index contributed by atoms with van der Waals surface area (Å²) in [6, 6.07) is 0.162. The standard InChI is InChI=1S/C12H24ClNO/c1-3-4-5-6-7-8-9-12(10-13)14-11(2)15/h12H,3-10H2,1-2H3,(H,14,15)/t12-/m0/s1. The summed E-state index contributed by atoms with van der Waals surface area (Å²) in [5.41, 5.74) is 0. The molecule has 1 N–H and O–H groups in total. The molecule has 90 valence electrons. The molecule has 0 radical (unpaired) electrons. The van der Waals surface area contributed by atoms with E-state index in [1.807, 2.05) is 0 Å². The maximum Gasteiger partial charge on any atom is 0.217 e. The van der Waals surface area contributed by atoms with Gasteiger partial charge >= 0.3 is 0 Å². The number of rotatable bonds is 9. The molecule has 0 unspecified atom stereocenters. The summed E-state index contributed by atoms with van der Waals surface area (Å²) >= 11 is 5.76. The Labute approximate surface area is 98.8 Å². The normalized spacial score (nSPS) is 12.5.